The fourth-order valence-electron chi connectivity index (χ4n) is 3.96. The number of hydrogen-bond acceptors (Lipinski definition) is 2. The lowest BCUT2D eigenvalue weighted by Crippen LogP contribution is -2.41. The van der Waals surface area contributed by atoms with Gasteiger partial charge in [0.25, 0.3) is 0 Å². The highest BCUT2D eigenvalue weighted by Crippen LogP contribution is 2.13. The average molecular weight is 353 g/mol. The molecule has 0 amide bonds. The maximum atomic E-state index is 3.60. The van der Waals surface area contributed by atoms with Crippen molar-refractivity contribution in [2.24, 2.45) is 0 Å². The number of rotatable bonds is 18. The normalized spacial score (nSPS) is 15.7. The molecular formula is C23H48N2. The monoisotopic (exact) mass is 352 g/mol. The first kappa shape index (κ1) is 23.0. The van der Waals surface area contributed by atoms with Gasteiger partial charge in [0.15, 0.2) is 0 Å². The highest BCUT2D eigenvalue weighted by Gasteiger charge is 2.08. The smallest absolute Gasteiger partial charge is 0.0131 e. The lowest BCUT2D eigenvalue weighted by Gasteiger charge is -2.27. The molecule has 0 aromatic carbocycles. The zero-order valence-electron chi connectivity index (χ0n) is 17.5. The molecule has 1 aliphatic rings. The van der Waals surface area contributed by atoms with E-state index < -0.39 is 0 Å². The lowest BCUT2D eigenvalue weighted by atomic mass is 10.0. The van der Waals surface area contributed by atoms with E-state index in [4.69, 9.17) is 0 Å². The summed E-state index contributed by atoms with van der Waals surface area (Å²) < 4.78 is 0. The van der Waals surface area contributed by atoms with E-state index in [1.165, 1.54) is 142 Å². The molecule has 1 saturated heterocycles. The number of hydrogen-bond donors (Lipinski definition) is 1. The Kier molecular flexibility index (Phi) is 17.2. The van der Waals surface area contributed by atoms with E-state index >= 15 is 0 Å². The second kappa shape index (κ2) is 18.7. The van der Waals surface area contributed by atoms with Gasteiger partial charge in [-0.25, -0.2) is 5.01 Å². The van der Waals surface area contributed by atoms with Crippen LogP contribution in [0.4, 0.5) is 0 Å². The number of hydrazine groups is 1. The number of piperidine rings is 1. The van der Waals surface area contributed by atoms with Crippen LogP contribution in [0.15, 0.2) is 0 Å². The Morgan fingerprint density at radius 1 is 0.520 bits per heavy atom. The minimum Gasteiger partial charge on any atom is -0.255 e. The summed E-state index contributed by atoms with van der Waals surface area (Å²) in [5, 5.41) is 2.44. The zero-order valence-corrected chi connectivity index (χ0v) is 17.5. The predicted molar refractivity (Wildman–Crippen MR) is 113 cm³/mol. The Morgan fingerprint density at radius 2 is 0.920 bits per heavy atom. The van der Waals surface area contributed by atoms with Crippen LogP contribution in [0.5, 0.6) is 0 Å². The zero-order chi connectivity index (χ0) is 17.8. The summed E-state index contributed by atoms with van der Waals surface area (Å²) in [6, 6.07) is 0. The minimum absolute atomic E-state index is 1.19. The molecule has 0 saturated carbocycles. The number of nitrogens with zero attached hydrogens (tertiary/aromatic N) is 1. The van der Waals surface area contributed by atoms with Crippen molar-refractivity contribution in [2.75, 3.05) is 19.6 Å². The fourth-order valence-corrected chi connectivity index (χ4v) is 3.96. The molecule has 0 aromatic heterocycles. The summed E-state index contributed by atoms with van der Waals surface area (Å²) in [6.45, 7) is 6.02. The van der Waals surface area contributed by atoms with Gasteiger partial charge in [-0.1, -0.05) is 110 Å². The Labute approximate surface area is 159 Å². The second-order valence-corrected chi connectivity index (χ2v) is 8.26. The summed E-state index contributed by atoms with van der Waals surface area (Å²) >= 11 is 0. The fraction of sp³-hybridized carbons (Fsp3) is 1.00. The van der Waals surface area contributed by atoms with Gasteiger partial charge in [0, 0.05) is 19.6 Å². The lowest BCUT2D eigenvalue weighted by molar-refractivity contribution is 0.153. The predicted octanol–water partition coefficient (Wildman–Crippen LogP) is 7.24. The largest absolute Gasteiger partial charge is 0.255 e. The average Bonchev–Trinajstić information content (AvgIpc) is 2.65. The molecule has 25 heavy (non-hydrogen) atoms. The van der Waals surface area contributed by atoms with Crippen molar-refractivity contribution in [3.63, 3.8) is 0 Å². The van der Waals surface area contributed by atoms with Gasteiger partial charge in [0.05, 0.1) is 0 Å². The summed E-state index contributed by atoms with van der Waals surface area (Å²) in [5.74, 6) is 0. The van der Waals surface area contributed by atoms with E-state index in [0.29, 0.717) is 0 Å². The van der Waals surface area contributed by atoms with Crippen LogP contribution in [0.25, 0.3) is 0 Å². The molecule has 0 unspecified atom stereocenters. The van der Waals surface area contributed by atoms with Gasteiger partial charge in [0.2, 0.25) is 0 Å². The quantitative estimate of drug-likeness (QED) is 0.262. The Bertz CT molecular complexity index is 248. The van der Waals surface area contributed by atoms with Gasteiger partial charge in [-0.15, -0.1) is 0 Å². The molecule has 0 aliphatic carbocycles. The van der Waals surface area contributed by atoms with Crippen LogP contribution in [0.1, 0.15) is 129 Å². The molecule has 1 N–H and O–H groups in total. The molecule has 150 valence electrons. The molecule has 0 spiro atoms. The van der Waals surface area contributed by atoms with Gasteiger partial charge in [-0.3, -0.25) is 5.43 Å². The van der Waals surface area contributed by atoms with Crippen LogP contribution in [-0.2, 0) is 0 Å². The van der Waals surface area contributed by atoms with Crippen molar-refractivity contribution in [2.45, 2.75) is 129 Å². The van der Waals surface area contributed by atoms with E-state index in [1.807, 2.05) is 0 Å². The second-order valence-electron chi connectivity index (χ2n) is 8.26. The molecule has 1 aliphatic heterocycles. The molecule has 2 heteroatoms. The van der Waals surface area contributed by atoms with Crippen LogP contribution in [0, 0.1) is 0 Å². The molecule has 2 nitrogen and oxygen atoms in total. The molecule has 1 rings (SSSR count). The standard InChI is InChI=1S/C23H48N2/c1-2-3-4-5-6-7-8-9-10-11-12-13-14-15-16-18-21-24-25-22-19-17-20-23-25/h24H,2-23H2,1H3. The number of unbranched alkanes of at least 4 members (excludes halogenated alkanes) is 15. The van der Waals surface area contributed by atoms with Gasteiger partial charge in [-0.05, 0) is 19.3 Å². The third-order valence-electron chi connectivity index (χ3n) is 5.72. The molecule has 0 radical (unpaired) electrons. The third kappa shape index (κ3) is 15.9. The van der Waals surface area contributed by atoms with E-state index in [1.54, 1.807) is 0 Å². The Balaban J connectivity index is 1.65. The first-order chi connectivity index (χ1) is 12.4. The van der Waals surface area contributed by atoms with E-state index in [0.717, 1.165) is 0 Å². The SMILES string of the molecule is CCCCCCCCCCCCCCCCCCNN1CCCCC1. The molecule has 0 bridgehead atoms. The van der Waals surface area contributed by atoms with Crippen molar-refractivity contribution in [1.29, 1.82) is 0 Å². The molecule has 0 atom stereocenters. The summed E-state index contributed by atoms with van der Waals surface area (Å²) in [5.41, 5.74) is 3.60. The highest BCUT2D eigenvalue weighted by atomic mass is 15.5. The third-order valence-corrected chi connectivity index (χ3v) is 5.72. The molecule has 1 heterocycles. The van der Waals surface area contributed by atoms with Crippen LogP contribution in [0.3, 0.4) is 0 Å². The number of nitrogens with one attached hydrogen (secondary N) is 1. The topological polar surface area (TPSA) is 15.3 Å². The Hall–Kier alpha value is -0.0800. The van der Waals surface area contributed by atoms with Crippen molar-refractivity contribution in [1.82, 2.24) is 10.4 Å². The molecule has 0 aromatic rings. The van der Waals surface area contributed by atoms with Crippen molar-refractivity contribution in [3.8, 4) is 0 Å². The summed E-state index contributed by atoms with van der Waals surface area (Å²) in [7, 11) is 0. The highest BCUT2D eigenvalue weighted by molar-refractivity contribution is 4.60. The van der Waals surface area contributed by atoms with E-state index in [-0.39, 0.29) is 0 Å². The van der Waals surface area contributed by atoms with Gasteiger partial charge < -0.3 is 0 Å². The summed E-state index contributed by atoms with van der Waals surface area (Å²) in [6.07, 6.45) is 27.4. The van der Waals surface area contributed by atoms with Crippen molar-refractivity contribution < 1.29 is 0 Å². The van der Waals surface area contributed by atoms with E-state index in [2.05, 4.69) is 17.4 Å². The Morgan fingerprint density at radius 3 is 1.36 bits per heavy atom. The van der Waals surface area contributed by atoms with Gasteiger partial charge >= 0.3 is 0 Å². The van der Waals surface area contributed by atoms with Crippen molar-refractivity contribution >= 4 is 0 Å². The van der Waals surface area contributed by atoms with Gasteiger partial charge in [-0.2, -0.15) is 0 Å². The van der Waals surface area contributed by atoms with Crippen LogP contribution < -0.4 is 5.43 Å². The maximum Gasteiger partial charge on any atom is 0.0131 e. The van der Waals surface area contributed by atoms with Crippen LogP contribution in [-0.4, -0.2) is 24.6 Å². The minimum atomic E-state index is 1.19. The molecular weight excluding hydrogens is 304 g/mol. The van der Waals surface area contributed by atoms with E-state index in [9.17, 15) is 0 Å². The van der Waals surface area contributed by atoms with Crippen LogP contribution in [0.2, 0.25) is 0 Å². The summed E-state index contributed by atoms with van der Waals surface area (Å²) in [4.78, 5) is 0. The first-order valence-electron chi connectivity index (χ1n) is 11.9. The first-order valence-corrected chi connectivity index (χ1v) is 11.9. The van der Waals surface area contributed by atoms with Crippen LogP contribution >= 0.6 is 0 Å². The van der Waals surface area contributed by atoms with Crippen molar-refractivity contribution in [3.05, 3.63) is 0 Å². The maximum absolute atomic E-state index is 3.60. The van der Waals surface area contributed by atoms with Gasteiger partial charge in [0.1, 0.15) is 0 Å². The molecule has 1 fully saturated rings.